The molecule has 2 aliphatic rings. The lowest BCUT2D eigenvalue weighted by Gasteiger charge is -2.38. The molecule has 0 N–H and O–H groups in total. The van der Waals surface area contributed by atoms with Crippen LogP contribution < -0.4 is 0 Å². The van der Waals surface area contributed by atoms with Crippen molar-refractivity contribution in [2.24, 2.45) is 5.92 Å². The molecule has 0 radical (unpaired) electrons. The van der Waals surface area contributed by atoms with E-state index in [9.17, 15) is 18.0 Å². The van der Waals surface area contributed by atoms with E-state index in [-0.39, 0.29) is 24.3 Å². The summed E-state index contributed by atoms with van der Waals surface area (Å²) in [5.41, 5.74) is 0. The molecule has 2 amide bonds. The number of furan rings is 1. The first kappa shape index (κ1) is 17.9. The third-order valence-corrected chi connectivity index (χ3v) is 6.08. The Hall–Kier alpha value is -1.87. The number of sulfonamides is 1. The van der Waals surface area contributed by atoms with Gasteiger partial charge >= 0.3 is 0 Å². The molecule has 0 aromatic carbocycles. The molecular weight excluding hydrogens is 346 g/mol. The second kappa shape index (κ2) is 7.17. The van der Waals surface area contributed by atoms with Gasteiger partial charge in [0.2, 0.25) is 15.9 Å². The fraction of sp³-hybridized carbons (Fsp3) is 0.625. The summed E-state index contributed by atoms with van der Waals surface area (Å²) in [4.78, 5) is 28.4. The molecule has 2 aliphatic heterocycles. The van der Waals surface area contributed by atoms with Crippen LogP contribution >= 0.6 is 0 Å². The molecule has 1 aromatic heterocycles. The van der Waals surface area contributed by atoms with E-state index in [0.29, 0.717) is 51.3 Å². The van der Waals surface area contributed by atoms with Gasteiger partial charge in [0, 0.05) is 39.3 Å². The van der Waals surface area contributed by atoms with E-state index in [1.165, 1.54) is 16.8 Å². The summed E-state index contributed by atoms with van der Waals surface area (Å²) in [6.07, 6.45) is 4.04. The molecule has 9 heteroatoms. The first-order valence-electron chi connectivity index (χ1n) is 8.43. The van der Waals surface area contributed by atoms with Gasteiger partial charge in [0.15, 0.2) is 5.76 Å². The number of carbonyl (C=O) groups is 2. The van der Waals surface area contributed by atoms with Crippen molar-refractivity contribution in [1.29, 1.82) is 0 Å². The number of piperidine rings is 1. The Balaban J connectivity index is 1.55. The summed E-state index contributed by atoms with van der Waals surface area (Å²) in [6, 6.07) is 3.30. The summed E-state index contributed by atoms with van der Waals surface area (Å²) in [7, 11) is -3.27. The number of amides is 2. The molecular formula is C16H23N3O5S. The van der Waals surface area contributed by atoms with Gasteiger partial charge in [0.1, 0.15) is 0 Å². The monoisotopic (exact) mass is 369 g/mol. The first-order chi connectivity index (χ1) is 11.9. The number of rotatable bonds is 3. The van der Waals surface area contributed by atoms with Crippen LogP contribution in [0.4, 0.5) is 0 Å². The van der Waals surface area contributed by atoms with Crippen LogP contribution in [0.2, 0.25) is 0 Å². The molecule has 25 heavy (non-hydrogen) atoms. The standard InChI is InChI=1S/C16H23N3O5S/c1-25(22,23)19-6-2-4-13(12-19)15(20)17-7-9-18(10-8-17)16(21)14-5-3-11-24-14/h3,5,11,13H,2,4,6-10,12H2,1H3. The van der Waals surface area contributed by atoms with Gasteiger partial charge in [-0.15, -0.1) is 0 Å². The van der Waals surface area contributed by atoms with Crippen molar-refractivity contribution in [1.82, 2.24) is 14.1 Å². The van der Waals surface area contributed by atoms with E-state index >= 15 is 0 Å². The quantitative estimate of drug-likeness (QED) is 0.761. The SMILES string of the molecule is CS(=O)(=O)N1CCCC(C(=O)N2CCN(C(=O)c3ccco3)CC2)C1. The Morgan fingerprint density at radius 1 is 1.12 bits per heavy atom. The summed E-state index contributed by atoms with van der Waals surface area (Å²) in [5.74, 6) is -0.178. The topological polar surface area (TPSA) is 91.1 Å². The van der Waals surface area contributed by atoms with Crippen LogP contribution in [0, 0.1) is 5.92 Å². The number of hydrogen-bond acceptors (Lipinski definition) is 5. The Kier molecular flexibility index (Phi) is 5.14. The second-order valence-electron chi connectivity index (χ2n) is 6.55. The molecule has 0 bridgehead atoms. The number of hydrogen-bond donors (Lipinski definition) is 0. The third kappa shape index (κ3) is 4.04. The maximum absolute atomic E-state index is 12.7. The molecule has 0 aliphatic carbocycles. The number of piperazine rings is 1. The highest BCUT2D eigenvalue weighted by Crippen LogP contribution is 2.21. The van der Waals surface area contributed by atoms with E-state index in [1.807, 2.05) is 0 Å². The fourth-order valence-corrected chi connectivity index (χ4v) is 4.30. The van der Waals surface area contributed by atoms with E-state index < -0.39 is 10.0 Å². The summed E-state index contributed by atoms with van der Waals surface area (Å²) in [5, 5.41) is 0. The van der Waals surface area contributed by atoms with Crippen molar-refractivity contribution in [3.05, 3.63) is 24.2 Å². The molecule has 2 saturated heterocycles. The maximum Gasteiger partial charge on any atom is 0.289 e. The van der Waals surface area contributed by atoms with Crippen molar-refractivity contribution in [3.8, 4) is 0 Å². The summed E-state index contributed by atoms with van der Waals surface area (Å²) >= 11 is 0. The number of nitrogens with zero attached hydrogens (tertiary/aromatic N) is 3. The highest BCUT2D eigenvalue weighted by molar-refractivity contribution is 7.88. The number of carbonyl (C=O) groups excluding carboxylic acids is 2. The van der Waals surface area contributed by atoms with Crippen LogP contribution in [0.1, 0.15) is 23.4 Å². The minimum atomic E-state index is -3.27. The van der Waals surface area contributed by atoms with Crippen molar-refractivity contribution in [2.45, 2.75) is 12.8 Å². The Labute approximate surface area is 147 Å². The van der Waals surface area contributed by atoms with Crippen LogP contribution in [-0.4, -0.2) is 79.9 Å². The van der Waals surface area contributed by atoms with Gasteiger partial charge in [0.25, 0.3) is 5.91 Å². The third-order valence-electron chi connectivity index (χ3n) is 4.81. The zero-order valence-electron chi connectivity index (χ0n) is 14.3. The summed E-state index contributed by atoms with van der Waals surface area (Å²) in [6.45, 7) is 2.56. The zero-order chi connectivity index (χ0) is 18.0. The Morgan fingerprint density at radius 2 is 1.80 bits per heavy atom. The lowest BCUT2D eigenvalue weighted by molar-refractivity contribution is -0.138. The van der Waals surface area contributed by atoms with Gasteiger partial charge in [0.05, 0.1) is 18.4 Å². The largest absolute Gasteiger partial charge is 0.459 e. The van der Waals surface area contributed by atoms with Crippen molar-refractivity contribution < 1.29 is 22.4 Å². The normalized spacial score (nSPS) is 22.8. The van der Waals surface area contributed by atoms with Crippen LogP contribution in [0.3, 0.4) is 0 Å². The lowest BCUT2D eigenvalue weighted by Crippen LogP contribution is -2.54. The highest BCUT2D eigenvalue weighted by atomic mass is 32.2. The molecule has 0 spiro atoms. The Bertz CT molecular complexity index is 723. The van der Waals surface area contributed by atoms with Crippen LogP contribution in [0.15, 0.2) is 22.8 Å². The lowest BCUT2D eigenvalue weighted by atomic mass is 9.97. The fourth-order valence-electron chi connectivity index (χ4n) is 3.39. The molecule has 0 saturated carbocycles. The first-order valence-corrected chi connectivity index (χ1v) is 10.3. The second-order valence-corrected chi connectivity index (χ2v) is 8.54. The minimum absolute atomic E-state index is 0.0153. The Morgan fingerprint density at radius 3 is 2.40 bits per heavy atom. The maximum atomic E-state index is 12.7. The van der Waals surface area contributed by atoms with Crippen molar-refractivity contribution >= 4 is 21.8 Å². The van der Waals surface area contributed by atoms with Gasteiger partial charge in [-0.05, 0) is 25.0 Å². The molecule has 8 nitrogen and oxygen atoms in total. The minimum Gasteiger partial charge on any atom is -0.459 e. The van der Waals surface area contributed by atoms with Crippen LogP contribution in [0.5, 0.6) is 0 Å². The molecule has 1 unspecified atom stereocenters. The van der Waals surface area contributed by atoms with Crippen LogP contribution in [-0.2, 0) is 14.8 Å². The molecule has 1 atom stereocenters. The predicted octanol–water partition coefficient (Wildman–Crippen LogP) is 0.236. The predicted molar refractivity (Wildman–Crippen MR) is 90.3 cm³/mol. The van der Waals surface area contributed by atoms with Gasteiger partial charge in [-0.1, -0.05) is 0 Å². The van der Waals surface area contributed by atoms with E-state index in [4.69, 9.17) is 4.42 Å². The van der Waals surface area contributed by atoms with E-state index in [2.05, 4.69) is 0 Å². The zero-order valence-corrected chi connectivity index (χ0v) is 15.1. The molecule has 3 heterocycles. The van der Waals surface area contributed by atoms with Gasteiger partial charge in [-0.2, -0.15) is 0 Å². The van der Waals surface area contributed by atoms with Gasteiger partial charge < -0.3 is 14.2 Å². The molecule has 2 fully saturated rings. The van der Waals surface area contributed by atoms with Gasteiger partial charge in [-0.3, -0.25) is 9.59 Å². The van der Waals surface area contributed by atoms with Gasteiger partial charge in [-0.25, -0.2) is 12.7 Å². The molecule has 3 rings (SSSR count). The van der Waals surface area contributed by atoms with E-state index in [1.54, 1.807) is 21.9 Å². The smallest absolute Gasteiger partial charge is 0.289 e. The van der Waals surface area contributed by atoms with Crippen molar-refractivity contribution in [3.63, 3.8) is 0 Å². The molecule has 1 aromatic rings. The van der Waals surface area contributed by atoms with Crippen LogP contribution in [0.25, 0.3) is 0 Å². The summed E-state index contributed by atoms with van der Waals surface area (Å²) < 4.78 is 29.9. The molecule has 138 valence electrons. The average molecular weight is 369 g/mol. The highest BCUT2D eigenvalue weighted by Gasteiger charge is 2.34. The average Bonchev–Trinajstić information content (AvgIpc) is 3.15. The van der Waals surface area contributed by atoms with E-state index in [0.717, 1.165) is 0 Å². The van der Waals surface area contributed by atoms with Crippen molar-refractivity contribution in [2.75, 3.05) is 45.5 Å².